The predicted molar refractivity (Wildman–Crippen MR) is 70.2 cm³/mol. The van der Waals surface area contributed by atoms with Gasteiger partial charge in [-0.1, -0.05) is 53.0 Å². The average Bonchev–Trinajstić information content (AvgIpc) is 2.57. The van der Waals surface area contributed by atoms with Gasteiger partial charge in [-0.2, -0.15) is 0 Å². The zero-order valence-electron chi connectivity index (χ0n) is 9.47. The van der Waals surface area contributed by atoms with Crippen LogP contribution in [0.2, 0.25) is 10.2 Å². The van der Waals surface area contributed by atoms with E-state index in [1.165, 1.54) is 0 Å². The molecule has 0 unspecified atom stereocenters. The summed E-state index contributed by atoms with van der Waals surface area (Å²) in [6.07, 6.45) is 0. The standard InChI is InChI=1S/C13H11Cl2NO/c1-7-3-5-9(6-4-7)12(17)11-8(2)10(14)13(15)16-11/h3-6,16H,1-2H3. The van der Waals surface area contributed by atoms with E-state index in [1.54, 1.807) is 19.1 Å². The molecule has 0 bridgehead atoms. The first-order chi connectivity index (χ1) is 8.00. The molecule has 4 heteroatoms. The number of nitrogens with one attached hydrogen (secondary N) is 1. The second-order valence-electron chi connectivity index (χ2n) is 3.95. The lowest BCUT2D eigenvalue weighted by atomic mass is 10.0. The number of H-pyrrole nitrogens is 1. The first-order valence-corrected chi connectivity index (χ1v) is 5.91. The van der Waals surface area contributed by atoms with E-state index in [1.807, 2.05) is 19.1 Å². The topological polar surface area (TPSA) is 32.9 Å². The summed E-state index contributed by atoms with van der Waals surface area (Å²) in [5, 5.41) is 0.710. The largest absolute Gasteiger partial charge is 0.341 e. The average molecular weight is 268 g/mol. The lowest BCUT2D eigenvalue weighted by Crippen LogP contribution is -2.03. The fourth-order valence-electron chi connectivity index (χ4n) is 1.61. The normalized spacial score (nSPS) is 10.6. The molecular formula is C13H11Cl2NO. The molecule has 0 amide bonds. The smallest absolute Gasteiger partial charge is 0.209 e. The van der Waals surface area contributed by atoms with E-state index < -0.39 is 0 Å². The zero-order valence-corrected chi connectivity index (χ0v) is 11.0. The quantitative estimate of drug-likeness (QED) is 0.814. The second kappa shape index (κ2) is 4.55. The predicted octanol–water partition coefficient (Wildman–Crippen LogP) is 4.17. The Morgan fingerprint density at radius 2 is 1.71 bits per heavy atom. The molecule has 2 nitrogen and oxygen atoms in total. The van der Waals surface area contributed by atoms with Crippen LogP contribution in [-0.4, -0.2) is 10.8 Å². The Kier molecular flexibility index (Phi) is 3.27. The SMILES string of the molecule is Cc1ccc(C(=O)c2[nH]c(Cl)c(Cl)c2C)cc1. The van der Waals surface area contributed by atoms with Gasteiger partial charge in [0.2, 0.25) is 5.78 Å². The van der Waals surface area contributed by atoms with Gasteiger partial charge in [0.05, 0.1) is 10.7 Å². The van der Waals surface area contributed by atoms with Gasteiger partial charge in [0, 0.05) is 5.56 Å². The number of benzene rings is 1. The van der Waals surface area contributed by atoms with Crippen LogP contribution in [0.1, 0.15) is 27.2 Å². The lowest BCUT2D eigenvalue weighted by molar-refractivity contribution is 0.103. The van der Waals surface area contributed by atoms with Crippen LogP contribution in [0.25, 0.3) is 0 Å². The maximum absolute atomic E-state index is 12.2. The van der Waals surface area contributed by atoms with E-state index in [-0.39, 0.29) is 5.78 Å². The van der Waals surface area contributed by atoms with Gasteiger partial charge >= 0.3 is 0 Å². The number of carbonyl (C=O) groups is 1. The van der Waals surface area contributed by atoms with Crippen LogP contribution in [0.3, 0.4) is 0 Å². The molecule has 88 valence electrons. The van der Waals surface area contributed by atoms with Gasteiger partial charge in [0.1, 0.15) is 5.15 Å². The third kappa shape index (κ3) is 2.24. The Hall–Kier alpha value is -1.25. The van der Waals surface area contributed by atoms with Crippen molar-refractivity contribution in [2.24, 2.45) is 0 Å². The summed E-state index contributed by atoms with van der Waals surface area (Å²) in [6.45, 7) is 3.74. The maximum Gasteiger partial charge on any atom is 0.209 e. The van der Waals surface area contributed by atoms with Crippen molar-refractivity contribution in [2.45, 2.75) is 13.8 Å². The van der Waals surface area contributed by atoms with Crippen molar-refractivity contribution in [3.8, 4) is 0 Å². The molecule has 0 spiro atoms. The van der Waals surface area contributed by atoms with Gasteiger partial charge in [0.15, 0.2) is 0 Å². The number of halogens is 2. The van der Waals surface area contributed by atoms with Crippen molar-refractivity contribution in [1.29, 1.82) is 0 Å². The molecule has 0 aliphatic carbocycles. The van der Waals surface area contributed by atoms with Crippen molar-refractivity contribution in [1.82, 2.24) is 4.98 Å². The van der Waals surface area contributed by atoms with Crippen LogP contribution in [0.4, 0.5) is 0 Å². The Bertz CT molecular complexity index is 570. The number of aryl methyl sites for hydroxylation is 1. The van der Waals surface area contributed by atoms with E-state index >= 15 is 0 Å². The summed E-state index contributed by atoms with van der Waals surface area (Å²) in [5.41, 5.74) is 2.86. The molecular weight excluding hydrogens is 257 g/mol. The van der Waals surface area contributed by atoms with Gasteiger partial charge < -0.3 is 4.98 Å². The van der Waals surface area contributed by atoms with Crippen LogP contribution >= 0.6 is 23.2 Å². The molecule has 0 aliphatic heterocycles. The molecule has 1 N–H and O–H groups in total. The van der Waals surface area contributed by atoms with Crippen LogP contribution in [-0.2, 0) is 0 Å². The molecule has 1 heterocycles. The van der Waals surface area contributed by atoms with E-state index in [4.69, 9.17) is 23.2 Å². The van der Waals surface area contributed by atoms with E-state index in [9.17, 15) is 4.79 Å². The second-order valence-corrected chi connectivity index (χ2v) is 4.70. The van der Waals surface area contributed by atoms with E-state index in [2.05, 4.69) is 4.98 Å². The zero-order chi connectivity index (χ0) is 12.6. The molecule has 0 aliphatic rings. The summed E-state index contributed by atoms with van der Waals surface area (Å²) < 4.78 is 0. The lowest BCUT2D eigenvalue weighted by Gasteiger charge is -2.01. The van der Waals surface area contributed by atoms with Crippen LogP contribution in [0, 0.1) is 13.8 Å². The highest BCUT2D eigenvalue weighted by Crippen LogP contribution is 2.28. The van der Waals surface area contributed by atoms with Crippen LogP contribution < -0.4 is 0 Å². The summed E-state index contributed by atoms with van der Waals surface area (Å²) in [7, 11) is 0. The van der Waals surface area contributed by atoms with Gasteiger partial charge in [-0.05, 0) is 19.4 Å². The molecule has 0 atom stereocenters. The van der Waals surface area contributed by atoms with Crippen molar-refractivity contribution >= 4 is 29.0 Å². The number of aromatic nitrogens is 1. The molecule has 2 aromatic rings. The van der Waals surface area contributed by atoms with Crippen molar-refractivity contribution in [3.63, 3.8) is 0 Å². The van der Waals surface area contributed by atoms with Crippen molar-refractivity contribution in [3.05, 3.63) is 56.8 Å². The summed E-state index contributed by atoms with van der Waals surface area (Å²) in [4.78, 5) is 15.0. The fraction of sp³-hybridized carbons (Fsp3) is 0.154. The molecule has 0 radical (unpaired) electrons. The Balaban J connectivity index is 2.44. The van der Waals surface area contributed by atoms with Crippen molar-refractivity contribution < 1.29 is 4.79 Å². The number of rotatable bonds is 2. The Labute approximate surface area is 110 Å². The number of aromatic amines is 1. The minimum absolute atomic E-state index is 0.101. The number of carbonyl (C=O) groups excluding carboxylic acids is 1. The molecule has 0 fully saturated rings. The highest BCUT2D eigenvalue weighted by molar-refractivity contribution is 6.42. The highest BCUT2D eigenvalue weighted by atomic mass is 35.5. The Morgan fingerprint density at radius 1 is 1.12 bits per heavy atom. The molecule has 1 aromatic carbocycles. The summed E-state index contributed by atoms with van der Waals surface area (Å²) >= 11 is 11.8. The first-order valence-electron chi connectivity index (χ1n) is 5.15. The molecule has 17 heavy (non-hydrogen) atoms. The maximum atomic E-state index is 12.2. The van der Waals surface area contributed by atoms with Gasteiger partial charge in [-0.3, -0.25) is 4.79 Å². The minimum Gasteiger partial charge on any atom is -0.341 e. The molecule has 2 rings (SSSR count). The molecule has 0 saturated carbocycles. The van der Waals surface area contributed by atoms with Crippen LogP contribution in [0.5, 0.6) is 0 Å². The van der Waals surface area contributed by atoms with Crippen molar-refractivity contribution in [2.75, 3.05) is 0 Å². The Morgan fingerprint density at radius 3 is 2.18 bits per heavy atom. The first kappa shape index (κ1) is 12.2. The third-order valence-electron chi connectivity index (χ3n) is 2.67. The number of hydrogen-bond acceptors (Lipinski definition) is 1. The summed E-state index contributed by atoms with van der Waals surface area (Å²) in [5.74, 6) is -0.101. The number of hydrogen-bond donors (Lipinski definition) is 1. The molecule has 1 aromatic heterocycles. The van der Waals surface area contributed by atoms with Gasteiger partial charge in [-0.25, -0.2) is 0 Å². The van der Waals surface area contributed by atoms with Gasteiger partial charge in [-0.15, -0.1) is 0 Å². The van der Waals surface area contributed by atoms with Crippen LogP contribution in [0.15, 0.2) is 24.3 Å². The molecule has 0 saturated heterocycles. The highest BCUT2D eigenvalue weighted by Gasteiger charge is 2.18. The third-order valence-corrected chi connectivity index (χ3v) is 3.53. The summed E-state index contributed by atoms with van der Waals surface area (Å²) in [6, 6.07) is 7.38. The van der Waals surface area contributed by atoms with E-state index in [0.29, 0.717) is 27.0 Å². The van der Waals surface area contributed by atoms with Gasteiger partial charge in [0.25, 0.3) is 0 Å². The number of ketones is 1. The fourth-order valence-corrected chi connectivity index (χ4v) is 1.99. The monoisotopic (exact) mass is 267 g/mol. The van der Waals surface area contributed by atoms with E-state index in [0.717, 1.165) is 5.56 Å². The minimum atomic E-state index is -0.101.